The van der Waals surface area contributed by atoms with Crippen LogP contribution in [0.25, 0.3) is 5.69 Å². The van der Waals surface area contributed by atoms with Gasteiger partial charge < -0.3 is 10.9 Å². The Hall–Kier alpha value is -2.37. The lowest BCUT2D eigenvalue weighted by Crippen LogP contribution is -2.15. The molecule has 0 aliphatic heterocycles. The van der Waals surface area contributed by atoms with Crippen LogP contribution in [0.1, 0.15) is 17.1 Å². The zero-order valence-electron chi connectivity index (χ0n) is 9.62. The van der Waals surface area contributed by atoms with Crippen LogP contribution >= 0.6 is 0 Å². The molecule has 0 amide bonds. The molecule has 0 fully saturated rings. The van der Waals surface area contributed by atoms with Crippen molar-refractivity contribution in [3.05, 3.63) is 41.5 Å². The SMILES string of the molecule is Cc1cc(C)n(-c2ccc(/C(N)=N/O)nc2)n1. The Morgan fingerprint density at radius 3 is 2.65 bits per heavy atom. The minimum Gasteiger partial charge on any atom is -0.409 e. The van der Waals surface area contributed by atoms with E-state index in [-0.39, 0.29) is 5.84 Å². The van der Waals surface area contributed by atoms with Crippen molar-refractivity contribution in [1.29, 1.82) is 0 Å². The van der Waals surface area contributed by atoms with Gasteiger partial charge >= 0.3 is 0 Å². The number of nitrogens with two attached hydrogens (primary N) is 1. The van der Waals surface area contributed by atoms with Gasteiger partial charge in [-0.1, -0.05) is 5.16 Å². The monoisotopic (exact) mass is 231 g/mol. The summed E-state index contributed by atoms with van der Waals surface area (Å²) in [4.78, 5) is 4.10. The molecule has 6 nitrogen and oxygen atoms in total. The zero-order chi connectivity index (χ0) is 12.4. The van der Waals surface area contributed by atoms with Gasteiger partial charge in [0.2, 0.25) is 0 Å². The molecule has 0 bridgehead atoms. The quantitative estimate of drug-likeness (QED) is 0.349. The van der Waals surface area contributed by atoms with Crippen LogP contribution in [0.15, 0.2) is 29.6 Å². The van der Waals surface area contributed by atoms with Crippen molar-refractivity contribution in [2.24, 2.45) is 10.9 Å². The largest absolute Gasteiger partial charge is 0.409 e. The van der Waals surface area contributed by atoms with E-state index in [1.165, 1.54) is 0 Å². The summed E-state index contributed by atoms with van der Waals surface area (Å²) in [6.07, 6.45) is 1.63. The summed E-state index contributed by atoms with van der Waals surface area (Å²) >= 11 is 0. The van der Waals surface area contributed by atoms with E-state index in [4.69, 9.17) is 10.9 Å². The second kappa shape index (κ2) is 4.25. The number of rotatable bonds is 2. The maximum Gasteiger partial charge on any atom is 0.188 e. The Morgan fingerprint density at radius 1 is 1.41 bits per heavy atom. The Balaban J connectivity index is 2.39. The number of nitrogens with zero attached hydrogens (tertiary/aromatic N) is 4. The fourth-order valence-corrected chi connectivity index (χ4v) is 1.60. The first-order valence-corrected chi connectivity index (χ1v) is 5.09. The van der Waals surface area contributed by atoms with Gasteiger partial charge in [0, 0.05) is 5.69 Å². The van der Waals surface area contributed by atoms with Crippen molar-refractivity contribution in [3.63, 3.8) is 0 Å². The molecule has 0 aliphatic carbocycles. The molecule has 2 heterocycles. The molecule has 2 aromatic rings. The lowest BCUT2D eigenvalue weighted by molar-refractivity contribution is 0.318. The molecule has 2 rings (SSSR count). The number of oxime groups is 1. The van der Waals surface area contributed by atoms with Gasteiger partial charge in [0.15, 0.2) is 5.84 Å². The van der Waals surface area contributed by atoms with Gasteiger partial charge in [0.05, 0.1) is 17.6 Å². The number of pyridine rings is 1. The Labute approximate surface area is 98.4 Å². The van der Waals surface area contributed by atoms with E-state index in [0.29, 0.717) is 5.69 Å². The van der Waals surface area contributed by atoms with Gasteiger partial charge in [0.25, 0.3) is 0 Å². The van der Waals surface area contributed by atoms with Crippen LogP contribution in [0.4, 0.5) is 0 Å². The van der Waals surface area contributed by atoms with E-state index in [0.717, 1.165) is 17.1 Å². The van der Waals surface area contributed by atoms with Crippen molar-refractivity contribution < 1.29 is 5.21 Å². The highest BCUT2D eigenvalue weighted by molar-refractivity contribution is 5.95. The van der Waals surface area contributed by atoms with Gasteiger partial charge in [-0.2, -0.15) is 5.10 Å². The van der Waals surface area contributed by atoms with E-state index in [1.54, 1.807) is 16.9 Å². The molecule has 0 saturated heterocycles. The predicted octanol–water partition coefficient (Wildman–Crippen LogP) is 0.979. The first-order chi connectivity index (χ1) is 8.11. The summed E-state index contributed by atoms with van der Waals surface area (Å²) in [7, 11) is 0. The van der Waals surface area contributed by atoms with Gasteiger partial charge in [-0.15, -0.1) is 0 Å². The van der Waals surface area contributed by atoms with Crippen molar-refractivity contribution >= 4 is 5.84 Å². The van der Waals surface area contributed by atoms with Crippen molar-refractivity contribution in [2.75, 3.05) is 0 Å². The normalized spacial score (nSPS) is 11.8. The fraction of sp³-hybridized carbons (Fsp3) is 0.182. The molecule has 3 N–H and O–H groups in total. The van der Waals surface area contributed by atoms with Crippen LogP contribution in [0, 0.1) is 13.8 Å². The average molecular weight is 231 g/mol. The maximum atomic E-state index is 8.53. The molecule has 0 aromatic carbocycles. The standard InChI is InChI=1S/C11H13N5O/c1-7-5-8(2)16(14-7)9-3-4-10(13-6-9)11(12)15-17/h3-6,17H,1-2H3,(H2,12,15). The number of aromatic nitrogens is 3. The van der Waals surface area contributed by atoms with Crippen LogP contribution in [-0.2, 0) is 0 Å². The molecular formula is C11H13N5O. The summed E-state index contributed by atoms with van der Waals surface area (Å²) < 4.78 is 1.79. The topological polar surface area (TPSA) is 89.3 Å². The van der Waals surface area contributed by atoms with Crippen molar-refractivity contribution in [3.8, 4) is 5.69 Å². The Bertz CT molecular complexity index is 556. The summed E-state index contributed by atoms with van der Waals surface area (Å²) in [6, 6.07) is 5.48. The molecule has 17 heavy (non-hydrogen) atoms. The summed E-state index contributed by atoms with van der Waals surface area (Å²) in [6.45, 7) is 3.90. The minimum absolute atomic E-state index is 0.00934. The first kappa shape index (κ1) is 11.1. The molecule has 6 heteroatoms. The number of hydrogen-bond acceptors (Lipinski definition) is 4. The molecule has 0 spiro atoms. The van der Waals surface area contributed by atoms with Gasteiger partial charge in [-0.25, -0.2) is 4.68 Å². The Kier molecular flexibility index (Phi) is 2.78. The van der Waals surface area contributed by atoms with Crippen molar-refractivity contribution in [2.45, 2.75) is 13.8 Å². The molecule has 0 atom stereocenters. The van der Waals surface area contributed by atoms with E-state index < -0.39 is 0 Å². The average Bonchev–Trinajstić information content (AvgIpc) is 2.68. The van der Waals surface area contributed by atoms with Crippen LogP contribution in [0.2, 0.25) is 0 Å². The maximum absolute atomic E-state index is 8.53. The third-order valence-corrected chi connectivity index (χ3v) is 2.37. The third-order valence-electron chi connectivity index (χ3n) is 2.37. The first-order valence-electron chi connectivity index (χ1n) is 5.09. The second-order valence-corrected chi connectivity index (χ2v) is 3.73. The van der Waals surface area contributed by atoms with Gasteiger partial charge in [0.1, 0.15) is 5.69 Å². The highest BCUT2D eigenvalue weighted by atomic mass is 16.4. The van der Waals surface area contributed by atoms with E-state index >= 15 is 0 Å². The summed E-state index contributed by atoms with van der Waals surface area (Å²) in [5.74, 6) is -0.00934. The van der Waals surface area contributed by atoms with Crippen LogP contribution in [0.3, 0.4) is 0 Å². The van der Waals surface area contributed by atoms with E-state index in [9.17, 15) is 0 Å². The summed E-state index contributed by atoms with van der Waals surface area (Å²) in [5, 5.41) is 15.8. The predicted molar refractivity (Wildman–Crippen MR) is 63.3 cm³/mol. The fourth-order valence-electron chi connectivity index (χ4n) is 1.60. The second-order valence-electron chi connectivity index (χ2n) is 3.73. The number of aryl methyl sites for hydroxylation is 2. The lowest BCUT2D eigenvalue weighted by atomic mass is 10.3. The highest BCUT2D eigenvalue weighted by Crippen LogP contribution is 2.11. The molecule has 0 unspecified atom stereocenters. The highest BCUT2D eigenvalue weighted by Gasteiger charge is 2.05. The van der Waals surface area contributed by atoms with Gasteiger partial charge in [-0.05, 0) is 32.0 Å². The Morgan fingerprint density at radius 2 is 2.18 bits per heavy atom. The lowest BCUT2D eigenvalue weighted by Gasteiger charge is -2.04. The smallest absolute Gasteiger partial charge is 0.188 e. The van der Waals surface area contributed by atoms with E-state index in [2.05, 4.69) is 15.2 Å². The molecule has 0 radical (unpaired) electrons. The number of amidine groups is 1. The summed E-state index contributed by atoms with van der Waals surface area (Å²) in [5.41, 5.74) is 8.67. The van der Waals surface area contributed by atoms with Crippen molar-refractivity contribution in [1.82, 2.24) is 14.8 Å². The number of hydrogen-bond donors (Lipinski definition) is 2. The molecule has 0 aliphatic rings. The van der Waals surface area contributed by atoms with Crippen LogP contribution < -0.4 is 5.73 Å². The van der Waals surface area contributed by atoms with Gasteiger partial charge in [-0.3, -0.25) is 4.98 Å². The molecular weight excluding hydrogens is 218 g/mol. The zero-order valence-corrected chi connectivity index (χ0v) is 9.62. The molecule has 0 saturated carbocycles. The third kappa shape index (κ3) is 2.10. The van der Waals surface area contributed by atoms with E-state index in [1.807, 2.05) is 26.0 Å². The van der Waals surface area contributed by atoms with Crippen LogP contribution in [0.5, 0.6) is 0 Å². The van der Waals surface area contributed by atoms with Crippen LogP contribution in [-0.4, -0.2) is 25.8 Å². The molecule has 2 aromatic heterocycles. The minimum atomic E-state index is -0.00934. The molecule has 88 valence electrons.